The molecule has 0 fully saturated rings. The molecule has 40 heteroatoms. The number of ether oxygens (including phenoxy) is 6. The predicted molar refractivity (Wildman–Crippen MR) is 577 cm³/mol. The van der Waals surface area contributed by atoms with Gasteiger partial charge in [0.2, 0.25) is 5.13 Å². The van der Waals surface area contributed by atoms with Crippen LogP contribution in [-0.4, -0.2) is 129 Å². The number of nitrogens with one attached hydrogen (secondary N) is 11. The number of para-hydroxylation sites is 1. The monoisotopic (exact) mass is 2080 g/mol. The minimum absolute atomic E-state index is 0.106. The molecule has 4 aromatic carbocycles. The van der Waals surface area contributed by atoms with Crippen molar-refractivity contribution >= 4 is 209 Å². The largest absolute Gasteiger partial charge is 0.465 e. The van der Waals surface area contributed by atoms with E-state index in [1.165, 1.54) is 133 Å². The van der Waals surface area contributed by atoms with E-state index >= 15 is 0 Å². The van der Waals surface area contributed by atoms with Crippen LogP contribution in [0.5, 0.6) is 0 Å². The van der Waals surface area contributed by atoms with Crippen LogP contribution >= 0.6 is 79.4 Å². The number of carbonyl (C=O) groups excluding carboxylic acids is 12. The molecule has 142 heavy (non-hydrogen) atoms. The quantitative estimate of drug-likeness (QED) is 0.0249. The molecular weight excluding hydrogens is 1950 g/mol. The third kappa shape index (κ3) is 36.8. The number of rotatable bonds is 20. The zero-order valence-electron chi connectivity index (χ0n) is 85.4. The van der Waals surface area contributed by atoms with E-state index in [1.54, 1.807) is 60.1 Å². The number of aromatic nitrogens is 3. The van der Waals surface area contributed by atoms with Crippen molar-refractivity contribution in [2.75, 3.05) is 101 Å². The van der Waals surface area contributed by atoms with Crippen LogP contribution in [0.2, 0.25) is 0 Å². The fourth-order valence-corrected chi connectivity index (χ4v) is 19.0. The number of hydrogen-bond donors (Lipinski definition) is 12. The smallest absolute Gasteiger partial charge is 0.356 e. The van der Waals surface area contributed by atoms with E-state index in [9.17, 15) is 57.5 Å². The number of nitrogens with two attached hydrogens (primary N) is 1. The Morgan fingerprint density at radius 2 is 0.690 bits per heavy atom. The minimum atomic E-state index is -0.697. The first-order valence-corrected chi connectivity index (χ1v) is 50.2. The maximum atomic E-state index is 12.3. The van der Waals surface area contributed by atoms with Crippen molar-refractivity contribution in [3.63, 3.8) is 0 Å². The number of hydrogen-bond acceptors (Lipinski definition) is 27. The number of amides is 12. The second-order valence-electron chi connectivity index (χ2n) is 36.4. The molecule has 0 atom stereocenters. The van der Waals surface area contributed by atoms with E-state index in [2.05, 4.69) is 112 Å². The van der Waals surface area contributed by atoms with E-state index < -0.39 is 66.0 Å². The number of esters is 6. The number of aryl methyl sites for hydroxylation is 6. The maximum Gasteiger partial charge on any atom is 0.356 e. The Labute approximate surface area is 857 Å². The van der Waals surface area contributed by atoms with Gasteiger partial charge < -0.3 is 60.0 Å². The summed E-state index contributed by atoms with van der Waals surface area (Å²) in [5.41, 5.74) is 14.9. The average Bonchev–Trinajstić information content (AvgIpc) is 1.63. The molecule has 0 unspecified atom stereocenters. The van der Waals surface area contributed by atoms with Crippen LogP contribution in [0.15, 0.2) is 152 Å². The first-order chi connectivity index (χ1) is 66.5. The Kier molecular flexibility index (Phi) is 44.4. The van der Waals surface area contributed by atoms with Gasteiger partial charge in [-0.15, -0.1) is 78.2 Å². The van der Waals surface area contributed by atoms with E-state index in [1.807, 2.05) is 217 Å². The number of thiophene rings is 6. The number of methoxy groups -OCH3 is 6. The van der Waals surface area contributed by atoms with Crippen molar-refractivity contribution in [1.82, 2.24) is 14.8 Å². The van der Waals surface area contributed by atoms with Crippen LogP contribution < -0.4 is 64.2 Å². The summed E-state index contributed by atoms with van der Waals surface area (Å²) < 4.78 is 30.4. The highest BCUT2D eigenvalue weighted by molar-refractivity contribution is 7.19. The van der Waals surface area contributed by atoms with Crippen molar-refractivity contribution in [1.29, 1.82) is 0 Å². The molecule has 0 saturated heterocycles. The lowest BCUT2D eigenvalue weighted by Crippen LogP contribution is -2.21. The molecule has 762 valence electrons. The Morgan fingerprint density at radius 3 is 1.01 bits per heavy atom. The Morgan fingerprint density at radius 1 is 0.345 bits per heavy atom. The molecule has 0 aliphatic carbocycles. The SMILES string of the molecule is CCc1nnc(NC(=O)Nc2sc(C(C)(C)C)cc2C(=O)OC)s1.COC(=O)c1c(NC(=O)Nc2ccc(C)cc2)cc(C(C)(C)C)n1C.COC(=O)c1cc(C(C)(C)C)sc1NC(=O)Nc1ccccc1.COC(=O)c1cc(C(C)(C)C)sc1NC(N)=O.COC(=O)c1cc(C(C)C)sc1NC(=O)Nc1ccc(C)cc1.COC(=O)c1cc(C(C)C)sc1NC(=O)Nc1ccc(C)s1.Cc1cccc(C)c1. The van der Waals surface area contributed by atoms with Crippen LogP contribution in [-0.2, 0) is 63.5 Å². The van der Waals surface area contributed by atoms with Crippen LogP contribution in [0.1, 0.15) is 254 Å². The number of urea groups is 6. The molecule has 0 bridgehead atoms. The average molecular weight is 2080 g/mol. The van der Waals surface area contributed by atoms with E-state index in [0.717, 1.165) is 62.5 Å². The van der Waals surface area contributed by atoms with Crippen molar-refractivity contribution in [3.8, 4) is 0 Å². The molecule has 0 radical (unpaired) electrons. The molecule has 0 aliphatic rings. The van der Waals surface area contributed by atoms with Gasteiger partial charge in [-0.3, -0.25) is 37.2 Å². The molecular formula is C102H129N15O18S7. The van der Waals surface area contributed by atoms with Gasteiger partial charge in [0.25, 0.3) is 0 Å². The van der Waals surface area contributed by atoms with Gasteiger partial charge >= 0.3 is 72.0 Å². The third-order valence-electron chi connectivity index (χ3n) is 19.6. The number of benzene rings is 4. The highest BCUT2D eigenvalue weighted by Gasteiger charge is 2.32. The third-order valence-corrected chi connectivity index (χ3v) is 28.7. The molecule has 8 heterocycles. The summed E-state index contributed by atoms with van der Waals surface area (Å²) >= 11 is 9.63. The summed E-state index contributed by atoms with van der Waals surface area (Å²) in [4.78, 5) is 149. The van der Waals surface area contributed by atoms with Crippen LogP contribution in [0.3, 0.4) is 0 Å². The van der Waals surface area contributed by atoms with E-state index in [0.29, 0.717) is 86.4 Å². The van der Waals surface area contributed by atoms with Gasteiger partial charge in [0.15, 0.2) is 5.69 Å². The van der Waals surface area contributed by atoms with Gasteiger partial charge in [-0.25, -0.2) is 57.5 Å². The summed E-state index contributed by atoms with van der Waals surface area (Å²) in [6, 6.07) is 44.1. The van der Waals surface area contributed by atoms with Crippen molar-refractivity contribution in [3.05, 3.63) is 247 Å². The van der Waals surface area contributed by atoms with Crippen molar-refractivity contribution in [2.24, 2.45) is 12.8 Å². The molecule has 33 nitrogen and oxygen atoms in total. The van der Waals surface area contributed by atoms with E-state index in [4.69, 9.17) is 29.4 Å². The zero-order chi connectivity index (χ0) is 106. The molecule has 0 spiro atoms. The lowest BCUT2D eigenvalue weighted by Gasteiger charge is -2.19. The summed E-state index contributed by atoms with van der Waals surface area (Å²) in [7, 11) is 9.69. The molecule has 0 saturated carbocycles. The van der Waals surface area contributed by atoms with Crippen LogP contribution in [0.25, 0.3) is 0 Å². The van der Waals surface area contributed by atoms with E-state index in [-0.39, 0.29) is 39.5 Å². The molecule has 8 aromatic heterocycles. The Bertz CT molecular complexity index is 6310. The molecule has 13 N–H and O–H groups in total. The maximum absolute atomic E-state index is 12.3. The molecule has 12 aromatic rings. The topological polar surface area (TPSA) is 449 Å². The van der Waals surface area contributed by atoms with Gasteiger partial charge in [-0.1, -0.05) is 218 Å². The standard InChI is InChI=1S/C19H25N3O3.2C17H20N2O3S.C15H20N4O3S2.C15H18N2O3S2.C11H16N2O3S.C8H10/c1-12-7-9-13(10-8-12)20-18(24)21-14-11-15(19(2,3)4)22(5)16(14)17(23)25-6;1-10(2)14-9-13(16(20)22-4)15(23-14)19-17(21)18-12-7-5-11(3)6-8-12;1-17(2,3)13-10-12(15(20)22-4)14(23-13)19-16(21)18-11-8-6-5-7-9-11;1-6-10-18-19-14(24-10)17-13(21)16-11-8(12(20)22-5)7-9(23-11)15(2,3)4;1-8(2)11-7-10(14(18)20-4)13(22-11)17-15(19)16-12-6-5-9(3)21-12;1-11(2,3)7-5-6(9(14)16-4)8(17-7)13-10(12)15;1-7-4-3-5-8(2)6-7/h7-11H,1-6H3,(H2,20,21,24);2*5-10H,1-4H3,(H2,18,19,21);7H,6H2,1-5H3,(H2,16,17,19,21);5-8H,1-4H3,(H2,16,17,19);5H,1-4H3,(H3,12,13,15);3-6H,1-2H3. The van der Waals surface area contributed by atoms with Crippen LogP contribution in [0.4, 0.5) is 86.7 Å². The first-order valence-electron chi connectivity index (χ1n) is 44.5. The lowest BCUT2D eigenvalue weighted by molar-refractivity contribution is 0.0583. The second kappa shape index (κ2) is 53.8. The number of nitrogens with zero attached hydrogens (tertiary/aromatic N) is 3. The fourth-order valence-electron chi connectivity index (χ4n) is 12.2. The highest BCUT2D eigenvalue weighted by Crippen LogP contribution is 2.42. The molecule has 0 aliphatic heterocycles. The van der Waals surface area contributed by atoms with Crippen LogP contribution in [0, 0.1) is 34.6 Å². The van der Waals surface area contributed by atoms with Gasteiger partial charge in [-0.2, -0.15) is 0 Å². The zero-order valence-corrected chi connectivity index (χ0v) is 91.1. The summed E-state index contributed by atoms with van der Waals surface area (Å²) in [6.45, 7) is 44.7. The normalized spacial score (nSPS) is 10.8. The molecule has 12 amide bonds. The van der Waals surface area contributed by atoms with Gasteiger partial charge in [0.05, 0.1) is 81.2 Å². The van der Waals surface area contributed by atoms with Gasteiger partial charge in [-0.05, 0) is 154 Å². The number of primary amides is 1. The Balaban J connectivity index is 0.000000257. The summed E-state index contributed by atoms with van der Waals surface area (Å²) in [6.07, 6.45) is 0.757. The predicted octanol–water partition coefficient (Wildman–Crippen LogP) is 26.3. The number of anilines is 11. The fraction of sp³-hybridized carbons (Fsp3) is 0.353. The minimum Gasteiger partial charge on any atom is -0.465 e. The second-order valence-corrected chi connectivity index (χ2v) is 44.0. The lowest BCUT2D eigenvalue weighted by atomic mass is 9.92. The van der Waals surface area contributed by atoms with Gasteiger partial charge in [0, 0.05) is 64.5 Å². The first kappa shape index (κ1) is 117. The number of carbonyl (C=O) groups is 12. The Hall–Kier alpha value is -13.6. The van der Waals surface area contributed by atoms with Crippen molar-refractivity contribution < 1.29 is 86.0 Å². The van der Waals surface area contributed by atoms with Crippen molar-refractivity contribution in [2.45, 2.75) is 192 Å². The summed E-state index contributed by atoms with van der Waals surface area (Å²) in [5.74, 6) is -2.31. The summed E-state index contributed by atoms with van der Waals surface area (Å²) in [5, 5.41) is 41.9. The van der Waals surface area contributed by atoms with Gasteiger partial charge in [0.1, 0.15) is 30.0 Å². The molecule has 12 rings (SSSR count). The highest BCUT2D eigenvalue weighted by atomic mass is 32.1.